The lowest BCUT2D eigenvalue weighted by Crippen LogP contribution is -2.52. The molecule has 0 spiro atoms. The van der Waals surface area contributed by atoms with E-state index in [1.54, 1.807) is 0 Å². The van der Waals surface area contributed by atoms with Crippen LogP contribution in [0.2, 0.25) is 0 Å². The number of piperidine rings is 1. The Kier molecular flexibility index (Phi) is 5.60. The summed E-state index contributed by atoms with van der Waals surface area (Å²) >= 11 is 0. The summed E-state index contributed by atoms with van der Waals surface area (Å²) in [4.78, 5) is 16.9. The van der Waals surface area contributed by atoms with Crippen molar-refractivity contribution in [2.24, 2.45) is 11.1 Å². The third-order valence-corrected chi connectivity index (χ3v) is 4.68. The van der Waals surface area contributed by atoms with Gasteiger partial charge in [0.2, 0.25) is 5.91 Å². The Morgan fingerprint density at radius 1 is 1.28 bits per heavy atom. The van der Waals surface area contributed by atoms with Crippen LogP contribution in [0.15, 0.2) is 0 Å². The van der Waals surface area contributed by atoms with Crippen molar-refractivity contribution in [2.45, 2.75) is 45.6 Å². The van der Waals surface area contributed by atoms with Crippen molar-refractivity contribution in [2.75, 3.05) is 33.7 Å². The summed E-state index contributed by atoms with van der Waals surface area (Å²) in [6.45, 7) is 6.36. The zero-order chi connectivity index (χ0) is 13.8. The number of carbonyl (C=O) groups is 1. The number of carbonyl (C=O) groups excluding carboxylic acids is 1. The van der Waals surface area contributed by atoms with Gasteiger partial charge in [-0.3, -0.25) is 4.79 Å². The molecule has 1 saturated heterocycles. The van der Waals surface area contributed by atoms with E-state index in [1.165, 1.54) is 0 Å². The molecule has 1 fully saturated rings. The Morgan fingerprint density at radius 3 is 2.11 bits per heavy atom. The van der Waals surface area contributed by atoms with Crippen LogP contribution in [0, 0.1) is 5.41 Å². The van der Waals surface area contributed by atoms with E-state index in [2.05, 4.69) is 32.8 Å². The van der Waals surface area contributed by atoms with Gasteiger partial charge in [0.25, 0.3) is 0 Å². The third kappa shape index (κ3) is 3.04. The van der Waals surface area contributed by atoms with Crippen LogP contribution in [-0.4, -0.2) is 55.5 Å². The van der Waals surface area contributed by atoms with Gasteiger partial charge >= 0.3 is 0 Å². The second-order valence-electron chi connectivity index (χ2n) is 5.68. The molecule has 0 aromatic carbocycles. The van der Waals surface area contributed by atoms with E-state index in [1.807, 2.05) is 4.90 Å². The van der Waals surface area contributed by atoms with Gasteiger partial charge in [-0.15, -0.1) is 0 Å². The maximum absolute atomic E-state index is 12.6. The fourth-order valence-corrected chi connectivity index (χ4v) is 2.85. The molecule has 1 amide bonds. The molecule has 4 nitrogen and oxygen atoms in total. The molecule has 18 heavy (non-hydrogen) atoms. The van der Waals surface area contributed by atoms with Crippen molar-refractivity contribution >= 4 is 5.91 Å². The Balaban J connectivity index is 2.64. The zero-order valence-electron chi connectivity index (χ0n) is 12.4. The summed E-state index contributed by atoms with van der Waals surface area (Å²) in [5, 5.41) is 0. The largest absolute Gasteiger partial charge is 0.342 e. The highest BCUT2D eigenvalue weighted by molar-refractivity contribution is 5.83. The molecule has 1 heterocycles. The highest BCUT2D eigenvalue weighted by atomic mass is 16.2. The molecule has 2 N–H and O–H groups in total. The lowest BCUT2D eigenvalue weighted by Gasteiger charge is -2.40. The molecule has 4 heteroatoms. The summed E-state index contributed by atoms with van der Waals surface area (Å²) in [7, 11) is 4.23. The molecule has 0 radical (unpaired) electrons. The van der Waals surface area contributed by atoms with Crippen LogP contribution in [0.3, 0.4) is 0 Å². The standard InChI is InChI=1S/C14H29N3O/c1-5-14(6-2,11-15)13(18)17-9-7-12(8-10-17)16(3)4/h12H,5-11,15H2,1-4H3. The summed E-state index contributed by atoms with van der Waals surface area (Å²) in [6, 6.07) is 0.615. The van der Waals surface area contributed by atoms with E-state index >= 15 is 0 Å². The first-order valence-electron chi connectivity index (χ1n) is 7.16. The molecule has 0 saturated carbocycles. The Morgan fingerprint density at radius 2 is 1.78 bits per heavy atom. The van der Waals surface area contributed by atoms with Gasteiger partial charge in [0, 0.05) is 25.7 Å². The fraction of sp³-hybridized carbons (Fsp3) is 0.929. The van der Waals surface area contributed by atoms with Gasteiger partial charge in [0.05, 0.1) is 5.41 Å². The van der Waals surface area contributed by atoms with Gasteiger partial charge in [-0.05, 0) is 39.8 Å². The highest BCUT2D eigenvalue weighted by Crippen LogP contribution is 2.29. The van der Waals surface area contributed by atoms with E-state index in [-0.39, 0.29) is 11.3 Å². The number of likely N-dealkylation sites (tertiary alicyclic amines) is 1. The maximum atomic E-state index is 12.6. The molecule has 0 unspecified atom stereocenters. The van der Waals surface area contributed by atoms with Crippen LogP contribution in [0.1, 0.15) is 39.5 Å². The number of hydrogen-bond acceptors (Lipinski definition) is 3. The molecule has 1 aliphatic heterocycles. The second kappa shape index (κ2) is 6.53. The van der Waals surface area contributed by atoms with E-state index in [4.69, 9.17) is 5.73 Å². The van der Waals surface area contributed by atoms with Crippen molar-refractivity contribution in [3.8, 4) is 0 Å². The van der Waals surface area contributed by atoms with Crippen molar-refractivity contribution in [3.63, 3.8) is 0 Å². The second-order valence-corrected chi connectivity index (χ2v) is 5.68. The minimum Gasteiger partial charge on any atom is -0.342 e. The predicted octanol–water partition coefficient (Wildman–Crippen LogP) is 1.30. The molecule has 0 atom stereocenters. The van der Waals surface area contributed by atoms with E-state index < -0.39 is 0 Å². The Bertz CT molecular complexity index is 258. The first-order chi connectivity index (χ1) is 8.50. The average molecular weight is 255 g/mol. The number of amides is 1. The van der Waals surface area contributed by atoms with Gasteiger partial charge < -0.3 is 15.5 Å². The number of nitrogens with two attached hydrogens (primary N) is 1. The van der Waals surface area contributed by atoms with E-state index in [0.29, 0.717) is 12.6 Å². The predicted molar refractivity (Wildman–Crippen MR) is 75.4 cm³/mol. The molecule has 0 aliphatic carbocycles. The quantitative estimate of drug-likeness (QED) is 0.805. The van der Waals surface area contributed by atoms with E-state index in [9.17, 15) is 4.79 Å². The lowest BCUT2D eigenvalue weighted by atomic mass is 9.80. The Hall–Kier alpha value is -0.610. The maximum Gasteiger partial charge on any atom is 0.230 e. The van der Waals surface area contributed by atoms with Crippen LogP contribution in [0.4, 0.5) is 0 Å². The number of rotatable bonds is 5. The fourth-order valence-electron chi connectivity index (χ4n) is 2.85. The summed E-state index contributed by atoms with van der Waals surface area (Å²) < 4.78 is 0. The van der Waals surface area contributed by atoms with E-state index in [0.717, 1.165) is 38.8 Å². The SMILES string of the molecule is CCC(CC)(CN)C(=O)N1CCC(N(C)C)CC1. The van der Waals surface area contributed by atoms with Crippen LogP contribution in [0.25, 0.3) is 0 Å². The topological polar surface area (TPSA) is 49.6 Å². The number of nitrogens with zero attached hydrogens (tertiary/aromatic N) is 2. The van der Waals surface area contributed by atoms with Gasteiger partial charge in [0.1, 0.15) is 0 Å². The first kappa shape index (κ1) is 15.4. The molecule has 1 rings (SSSR count). The number of hydrogen-bond donors (Lipinski definition) is 1. The minimum atomic E-state index is -0.328. The first-order valence-corrected chi connectivity index (χ1v) is 7.16. The van der Waals surface area contributed by atoms with Crippen LogP contribution < -0.4 is 5.73 Å². The summed E-state index contributed by atoms with van der Waals surface area (Å²) in [5.41, 5.74) is 5.53. The average Bonchev–Trinajstić information content (AvgIpc) is 2.41. The zero-order valence-corrected chi connectivity index (χ0v) is 12.4. The minimum absolute atomic E-state index is 0.271. The van der Waals surface area contributed by atoms with Crippen LogP contribution in [-0.2, 0) is 4.79 Å². The van der Waals surface area contributed by atoms with Crippen LogP contribution >= 0.6 is 0 Å². The molecular formula is C14H29N3O. The van der Waals surface area contributed by atoms with Crippen LogP contribution in [0.5, 0.6) is 0 Å². The molecule has 106 valence electrons. The monoisotopic (exact) mass is 255 g/mol. The molecule has 0 aromatic rings. The molecular weight excluding hydrogens is 226 g/mol. The molecule has 0 bridgehead atoms. The van der Waals surface area contributed by atoms with Gasteiger partial charge in [-0.2, -0.15) is 0 Å². The molecule has 1 aliphatic rings. The van der Waals surface area contributed by atoms with Crippen molar-refractivity contribution in [3.05, 3.63) is 0 Å². The summed E-state index contributed by atoms with van der Waals surface area (Å²) in [5.74, 6) is 0.271. The molecule has 0 aromatic heterocycles. The summed E-state index contributed by atoms with van der Waals surface area (Å²) in [6.07, 6.45) is 3.83. The van der Waals surface area contributed by atoms with Gasteiger partial charge in [-0.25, -0.2) is 0 Å². The van der Waals surface area contributed by atoms with Crippen molar-refractivity contribution in [1.82, 2.24) is 9.80 Å². The van der Waals surface area contributed by atoms with Gasteiger partial charge in [0.15, 0.2) is 0 Å². The third-order valence-electron chi connectivity index (χ3n) is 4.68. The van der Waals surface area contributed by atoms with Gasteiger partial charge in [-0.1, -0.05) is 13.8 Å². The highest BCUT2D eigenvalue weighted by Gasteiger charge is 2.38. The lowest BCUT2D eigenvalue weighted by molar-refractivity contribution is -0.143. The normalized spacial score (nSPS) is 18.4. The van der Waals surface area contributed by atoms with Crippen molar-refractivity contribution in [1.29, 1.82) is 0 Å². The Labute approximate surface area is 111 Å². The smallest absolute Gasteiger partial charge is 0.230 e. The van der Waals surface area contributed by atoms with Crippen molar-refractivity contribution < 1.29 is 4.79 Å².